The maximum absolute atomic E-state index is 9.67. The van der Waals surface area contributed by atoms with Crippen molar-refractivity contribution >= 4 is 11.6 Å². The van der Waals surface area contributed by atoms with E-state index in [0.717, 1.165) is 5.56 Å². The zero-order chi connectivity index (χ0) is 13.0. The molecule has 0 spiro atoms. The van der Waals surface area contributed by atoms with Crippen molar-refractivity contribution in [3.63, 3.8) is 0 Å². The molecule has 2 rings (SSSR count). The highest BCUT2D eigenvalue weighted by Crippen LogP contribution is 2.25. The number of phenolic OH excluding ortho intramolecular Hbond substituents is 2. The van der Waals surface area contributed by atoms with Crippen LogP contribution in [0, 0.1) is 0 Å². The maximum atomic E-state index is 9.67. The third kappa shape index (κ3) is 2.94. The molecule has 0 saturated carbocycles. The van der Waals surface area contributed by atoms with Crippen LogP contribution in [0.5, 0.6) is 11.5 Å². The summed E-state index contributed by atoms with van der Waals surface area (Å²) >= 11 is 5.99. The Balaban J connectivity index is 1.99. The molecular formula is C14H14ClNO2. The number of nitrogens with one attached hydrogen (secondary N) is 1. The van der Waals surface area contributed by atoms with Crippen LogP contribution in [0.15, 0.2) is 42.5 Å². The number of hydrogen-bond donors (Lipinski definition) is 3. The molecule has 4 heteroatoms. The van der Waals surface area contributed by atoms with Crippen LogP contribution >= 0.6 is 11.6 Å². The van der Waals surface area contributed by atoms with Crippen LogP contribution in [0.1, 0.15) is 11.1 Å². The van der Waals surface area contributed by atoms with Crippen molar-refractivity contribution in [3.05, 3.63) is 58.6 Å². The molecule has 3 nitrogen and oxygen atoms in total. The molecule has 2 aromatic carbocycles. The largest absolute Gasteiger partial charge is 0.508 e. The molecule has 0 aliphatic heterocycles. The van der Waals surface area contributed by atoms with Crippen LogP contribution in [0.2, 0.25) is 5.02 Å². The van der Waals surface area contributed by atoms with Gasteiger partial charge in [-0.05, 0) is 18.2 Å². The fourth-order valence-electron chi connectivity index (χ4n) is 1.70. The first-order chi connectivity index (χ1) is 8.68. The Morgan fingerprint density at radius 2 is 1.61 bits per heavy atom. The number of phenols is 2. The lowest BCUT2D eigenvalue weighted by Crippen LogP contribution is -2.13. The quantitative estimate of drug-likeness (QED) is 0.795. The van der Waals surface area contributed by atoms with Gasteiger partial charge in [-0.2, -0.15) is 0 Å². The number of benzene rings is 2. The zero-order valence-corrected chi connectivity index (χ0v) is 10.5. The van der Waals surface area contributed by atoms with E-state index >= 15 is 0 Å². The van der Waals surface area contributed by atoms with Crippen LogP contribution in [0.25, 0.3) is 0 Å². The number of hydrogen-bond acceptors (Lipinski definition) is 3. The standard InChI is InChI=1S/C14H14ClNO2/c15-12-5-3-7-14(18)11(12)9-16-8-10-4-1-2-6-13(10)17/h1-7,16-18H,8-9H2. The van der Waals surface area contributed by atoms with Crippen molar-refractivity contribution in [1.82, 2.24) is 5.32 Å². The highest BCUT2D eigenvalue weighted by atomic mass is 35.5. The summed E-state index contributed by atoms with van der Waals surface area (Å²) < 4.78 is 0. The Kier molecular flexibility index (Phi) is 4.07. The number of aromatic hydroxyl groups is 2. The van der Waals surface area contributed by atoms with E-state index in [2.05, 4.69) is 5.32 Å². The smallest absolute Gasteiger partial charge is 0.121 e. The van der Waals surface area contributed by atoms with Crippen LogP contribution in [0.3, 0.4) is 0 Å². The van der Waals surface area contributed by atoms with Crippen molar-refractivity contribution < 1.29 is 10.2 Å². The van der Waals surface area contributed by atoms with E-state index in [9.17, 15) is 10.2 Å². The lowest BCUT2D eigenvalue weighted by molar-refractivity contribution is 0.458. The molecule has 0 amide bonds. The van der Waals surface area contributed by atoms with Gasteiger partial charge in [0.1, 0.15) is 11.5 Å². The minimum atomic E-state index is 0.173. The van der Waals surface area contributed by atoms with Gasteiger partial charge in [-0.15, -0.1) is 0 Å². The average Bonchev–Trinajstić information content (AvgIpc) is 2.35. The fraction of sp³-hybridized carbons (Fsp3) is 0.143. The van der Waals surface area contributed by atoms with Crippen molar-refractivity contribution in [2.45, 2.75) is 13.1 Å². The third-order valence-electron chi connectivity index (χ3n) is 2.70. The summed E-state index contributed by atoms with van der Waals surface area (Å²) in [5.41, 5.74) is 1.47. The van der Waals surface area contributed by atoms with Gasteiger partial charge in [-0.1, -0.05) is 35.9 Å². The first kappa shape index (κ1) is 12.7. The van der Waals surface area contributed by atoms with Crippen molar-refractivity contribution in [3.8, 4) is 11.5 Å². The zero-order valence-electron chi connectivity index (χ0n) is 9.73. The Morgan fingerprint density at radius 1 is 0.889 bits per heavy atom. The Bertz CT molecular complexity index is 523. The van der Waals surface area contributed by atoms with Gasteiger partial charge in [-0.3, -0.25) is 0 Å². The second-order valence-corrected chi connectivity index (χ2v) is 4.38. The monoisotopic (exact) mass is 263 g/mol. The number of rotatable bonds is 4. The molecule has 3 N–H and O–H groups in total. The van der Waals surface area contributed by atoms with Gasteiger partial charge in [0.05, 0.1) is 0 Å². The van der Waals surface area contributed by atoms with Crippen LogP contribution in [-0.2, 0) is 13.1 Å². The predicted molar refractivity (Wildman–Crippen MR) is 71.8 cm³/mol. The third-order valence-corrected chi connectivity index (χ3v) is 3.06. The molecule has 0 radical (unpaired) electrons. The van der Waals surface area contributed by atoms with Gasteiger partial charge >= 0.3 is 0 Å². The van der Waals surface area contributed by atoms with Crippen molar-refractivity contribution in [2.24, 2.45) is 0 Å². The molecule has 0 heterocycles. The minimum Gasteiger partial charge on any atom is -0.508 e. The molecule has 94 valence electrons. The fourth-order valence-corrected chi connectivity index (χ4v) is 1.94. The van der Waals surface area contributed by atoms with Crippen molar-refractivity contribution in [1.29, 1.82) is 0 Å². The molecule has 0 atom stereocenters. The molecule has 2 aromatic rings. The van der Waals surface area contributed by atoms with Gasteiger partial charge in [-0.25, -0.2) is 0 Å². The second-order valence-electron chi connectivity index (χ2n) is 3.97. The first-order valence-corrected chi connectivity index (χ1v) is 6.00. The lowest BCUT2D eigenvalue weighted by atomic mass is 10.1. The van der Waals surface area contributed by atoms with E-state index in [0.29, 0.717) is 23.7 Å². The molecule has 0 saturated heterocycles. The number of para-hydroxylation sites is 1. The van der Waals surface area contributed by atoms with E-state index in [1.54, 1.807) is 30.3 Å². The summed E-state index contributed by atoms with van der Waals surface area (Å²) in [6, 6.07) is 12.2. The average molecular weight is 264 g/mol. The SMILES string of the molecule is Oc1ccccc1CNCc1c(O)cccc1Cl. The van der Waals surface area contributed by atoms with Crippen LogP contribution < -0.4 is 5.32 Å². The highest BCUT2D eigenvalue weighted by molar-refractivity contribution is 6.31. The Hall–Kier alpha value is -1.71. The Labute approximate surface area is 111 Å². The van der Waals surface area contributed by atoms with E-state index < -0.39 is 0 Å². The van der Waals surface area contributed by atoms with Crippen LogP contribution in [-0.4, -0.2) is 10.2 Å². The highest BCUT2D eigenvalue weighted by Gasteiger charge is 2.06. The molecule has 0 aliphatic carbocycles. The predicted octanol–water partition coefficient (Wildman–Crippen LogP) is 3.04. The normalized spacial score (nSPS) is 10.5. The lowest BCUT2D eigenvalue weighted by Gasteiger charge is -2.09. The molecule has 0 fully saturated rings. The molecule has 0 aliphatic rings. The summed E-state index contributed by atoms with van der Waals surface area (Å²) in [4.78, 5) is 0. The first-order valence-electron chi connectivity index (χ1n) is 5.62. The topological polar surface area (TPSA) is 52.5 Å². The second kappa shape index (κ2) is 5.76. The van der Waals surface area contributed by atoms with Crippen molar-refractivity contribution in [2.75, 3.05) is 0 Å². The maximum Gasteiger partial charge on any atom is 0.121 e. The van der Waals surface area contributed by atoms with Gasteiger partial charge in [0, 0.05) is 29.2 Å². The van der Waals surface area contributed by atoms with E-state index in [1.165, 1.54) is 0 Å². The van der Waals surface area contributed by atoms with Gasteiger partial charge in [0.2, 0.25) is 0 Å². The summed E-state index contributed by atoms with van der Waals surface area (Å²) in [7, 11) is 0. The van der Waals surface area contributed by atoms with Crippen LogP contribution in [0.4, 0.5) is 0 Å². The van der Waals surface area contributed by atoms with Gasteiger partial charge in [0.25, 0.3) is 0 Å². The minimum absolute atomic E-state index is 0.173. The molecule has 0 aromatic heterocycles. The molecule has 0 unspecified atom stereocenters. The van der Waals surface area contributed by atoms with Gasteiger partial charge < -0.3 is 15.5 Å². The Morgan fingerprint density at radius 3 is 2.33 bits per heavy atom. The number of halogens is 1. The molecule has 18 heavy (non-hydrogen) atoms. The molecule has 0 bridgehead atoms. The summed E-state index contributed by atoms with van der Waals surface area (Å²) in [5.74, 6) is 0.431. The van der Waals surface area contributed by atoms with E-state index in [1.807, 2.05) is 12.1 Å². The van der Waals surface area contributed by atoms with Gasteiger partial charge in [0.15, 0.2) is 0 Å². The van der Waals surface area contributed by atoms with E-state index in [-0.39, 0.29) is 11.5 Å². The summed E-state index contributed by atoms with van der Waals surface area (Å²) in [6.45, 7) is 0.956. The van der Waals surface area contributed by atoms with E-state index in [4.69, 9.17) is 11.6 Å². The summed E-state index contributed by atoms with van der Waals surface area (Å²) in [6.07, 6.45) is 0. The molecular weight excluding hydrogens is 250 g/mol. The summed E-state index contributed by atoms with van der Waals surface area (Å²) in [5, 5.41) is 22.9.